The van der Waals surface area contributed by atoms with E-state index in [4.69, 9.17) is 0 Å². The summed E-state index contributed by atoms with van der Waals surface area (Å²) < 4.78 is 12.6. The highest BCUT2D eigenvalue weighted by molar-refractivity contribution is 9.09. The topological polar surface area (TPSA) is 12.0 Å². The molecule has 1 N–H and O–H groups in total. The maximum absolute atomic E-state index is 12.6. The van der Waals surface area contributed by atoms with Crippen LogP contribution in [0.15, 0.2) is 24.3 Å². The number of rotatable bonds is 7. The van der Waals surface area contributed by atoms with E-state index in [1.54, 1.807) is 0 Å². The van der Waals surface area contributed by atoms with Gasteiger partial charge in [-0.2, -0.15) is 0 Å². The molecule has 0 aliphatic rings. The van der Waals surface area contributed by atoms with Crippen molar-refractivity contribution in [3.8, 4) is 0 Å². The predicted molar refractivity (Wildman–Crippen MR) is 65.8 cm³/mol. The van der Waals surface area contributed by atoms with Gasteiger partial charge in [0.15, 0.2) is 0 Å². The Bertz CT molecular complexity index is 261. The van der Waals surface area contributed by atoms with Crippen molar-refractivity contribution in [2.24, 2.45) is 0 Å². The lowest BCUT2D eigenvalue weighted by Crippen LogP contribution is -2.14. The summed E-state index contributed by atoms with van der Waals surface area (Å²) in [6.07, 6.45) is 3.69. The lowest BCUT2D eigenvalue weighted by molar-refractivity contribution is 0.612. The van der Waals surface area contributed by atoms with Gasteiger partial charge in [-0.1, -0.05) is 34.5 Å². The summed E-state index contributed by atoms with van der Waals surface area (Å²) in [5.74, 6) is -0.170. The quantitative estimate of drug-likeness (QED) is 0.593. The highest BCUT2D eigenvalue weighted by Crippen LogP contribution is 2.02. The predicted octanol–water partition coefficient (Wildman–Crippen LogP) is 3.48. The van der Waals surface area contributed by atoms with Gasteiger partial charge in [0.25, 0.3) is 0 Å². The molecule has 0 unspecified atom stereocenters. The number of halogens is 2. The van der Waals surface area contributed by atoms with Gasteiger partial charge in [-0.25, -0.2) is 4.39 Å². The summed E-state index contributed by atoms with van der Waals surface area (Å²) in [6.45, 7) is 1.86. The maximum Gasteiger partial charge on any atom is 0.123 e. The molecule has 0 saturated heterocycles. The van der Waals surface area contributed by atoms with E-state index in [1.807, 2.05) is 12.1 Å². The first kappa shape index (κ1) is 12.7. The first-order valence-corrected chi connectivity index (χ1v) is 6.46. The van der Waals surface area contributed by atoms with E-state index in [0.717, 1.165) is 24.0 Å². The Labute approximate surface area is 99.2 Å². The highest BCUT2D eigenvalue weighted by atomic mass is 79.9. The molecule has 0 bridgehead atoms. The van der Waals surface area contributed by atoms with E-state index in [9.17, 15) is 4.39 Å². The Kier molecular flexibility index (Phi) is 6.60. The molecule has 15 heavy (non-hydrogen) atoms. The lowest BCUT2D eigenvalue weighted by Gasteiger charge is -2.04. The molecule has 0 saturated carbocycles. The van der Waals surface area contributed by atoms with Crippen molar-refractivity contribution in [3.63, 3.8) is 0 Å². The molecule has 3 heteroatoms. The summed E-state index contributed by atoms with van der Waals surface area (Å²) in [5, 5.41) is 4.43. The van der Waals surface area contributed by atoms with Crippen LogP contribution in [0.2, 0.25) is 0 Å². The minimum atomic E-state index is -0.170. The third-order valence-corrected chi connectivity index (χ3v) is 2.79. The number of nitrogens with one attached hydrogen (secondary N) is 1. The minimum absolute atomic E-state index is 0.170. The molecule has 0 amide bonds. The zero-order chi connectivity index (χ0) is 10.9. The van der Waals surface area contributed by atoms with Gasteiger partial charge >= 0.3 is 0 Å². The average Bonchev–Trinajstić information content (AvgIpc) is 2.26. The van der Waals surface area contributed by atoms with Gasteiger partial charge in [0, 0.05) is 11.9 Å². The summed E-state index contributed by atoms with van der Waals surface area (Å²) in [4.78, 5) is 0. The summed E-state index contributed by atoms with van der Waals surface area (Å²) in [6, 6.07) is 6.64. The van der Waals surface area contributed by atoms with E-state index in [-0.39, 0.29) is 5.82 Å². The average molecular weight is 274 g/mol. The second kappa shape index (κ2) is 7.83. The Balaban J connectivity index is 2.07. The van der Waals surface area contributed by atoms with Crippen LogP contribution < -0.4 is 5.32 Å². The molecule has 1 rings (SSSR count). The minimum Gasteiger partial charge on any atom is -0.313 e. The van der Waals surface area contributed by atoms with Gasteiger partial charge in [-0.05, 0) is 37.1 Å². The van der Waals surface area contributed by atoms with E-state index in [1.165, 1.54) is 31.4 Å². The van der Waals surface area contributed by atoms with Crippen molar-refractivity contribution in [3.05, 3.63) is 35.6 Å². The summed E-state index contributed by atoms with van der Waals surface area (Å²) >= 11 is 3.41. The number of hydrogen-bond donors (Lipinski definition) is 1. The van der Waals surface area contributed by atoms with Crippen LogP contribution in [-0.4, -0.2) is 11.9 Å². The van der Waals surface area contributed by atoms with Crippen molar-refractivity contribution in [1.29, 1.82) is 0 Å². The van der Waals surface area contributed by atoms with Crippen LogP contribution in [0.1, 0.15) is 24.8 Å². The zero-order valence-corrected chi connectivity index (χ0v) is 10.4. The molecule has 0 atom stereocenters. The smallest absolute Gasteiger partial charge is 0.123 e. The molecule has 1 aromatic carbocycles. The Morgan fingerprint density at radius 3 is 2.47 bits per heavy atom. The fourth-order valence-electron chi connectivity index (χ4n) is 1.36. The second-order valence-corrected chi connectivity index (χ2v) is 4.35. The lowest BCUT2D eigenvalue weighted by atomic mass is 10.2. The Morgan fingerprint density at radius 1 is 1.07 bits per heavy atom. The Morgan fingerprint density at radius 2 is 1.80 bits per heavy atom. The first-order chi connectivity index (χ1) is 7.33. The number of unbranched alkanes of at least 4 members (excludes halogenated alkanes) is 2. The fourth-order valence-corrected chi connectivity index (χ4v) is 1.75. The van der Waals surface area contributed by atoms with Crippen molar-refractivity contribution >= 4 is 15.9 Å². The molecule has 0 heterocycles. The van der Waals surface area contributed by atoms with Crippen LogP contribution in [0, 0.1) is 5.82 Å². The van der Waals surface area contributed by atoms with Crippen LogP contribution in [0.4, 0.5) is 4.39 Å². The van der Waals surface area contributed by atoms with Gasteiger partial charge in [-0.3, -0.25) is 0 Å². The fraction of sp³-hybridized carbons (Fsp3) is 0.500. The molecule has 1 aromatic rings. The van der Waals surface area contributed by atoms with E-state index < -0.39 is 0 Å². The monoisotopic (exact) mass is 273 g/mol. The van der Waals surface area contributed by atoms with Crippen LogP contribution in [0.5, 0.6) is 0 Å². The zero-order valence-electron chi connectivity index (χ0n) is 8.81. The largest absolute Gasteiger partial charge is 0.313 e. The van der Waals surface area contributed by atoms with Crippen LogP contribution in [-0.2, 0) is 6.54 Å². The molecule has 0 aliphatic heterocycles. The van der Waals surface area contributed by atoms with Crippen LogP contribution in [0.3, 0.4) is 0 Å². The number of hydrogen-bond acceptors (Lipinski definition) is 1. The van der Waals surface area contributed by atoms with Gasteiger partial charge < -0.3 is 5.32 Å². The first-order valence-electron chi connectivity index (χ1n) is 5.34. The van der Waals surface area contributed by atoms with Gasteiger partial charge in [0.2, 0.25) is 0 Å². The van der Waals surface area contributed by atoms with E-state index in [0.29, 0.717) is 0 Å². The van der Waals surface area contributed by atoms with Crippen LogP contribution in [0.25, 0.3) is 0 Å². The molecule has 0 aliphatic carbocycles. The third kappa shape index (κ3) is 5.90. The van der Waals surface area contributed by atoms with Crippen molar-refractivity contribution in [2.45, 2.75) is 25.8 Å². The number of alkyl halides is 1. The molecule has 0 spiro atoms. The number of benzene rings is 1. The van der Waals surface area contributed by atoms with Crippen molar-refractivity contribution in [1.82, 2.24) is 5.32 Å². The Hall–Kier alpha value is -0.410. The second-order valence-electron chi connectivity index (χ2n) is 3.55. The standard InChI is InChI=1S/C12H17BrFN/c13-8-2-1-3-9-15-10-11-4-6-12(14)7-5-11/h4-7,15H,1-3,8-10H2. The van der Waals surface area contributed by atoms with Gasteiger partial charge in [-0.15, -0.1) is 0 Å². The molecule has 0 aromatic heterocycles. The normalized spacial score (nSPS) is 10.5. The summed E-state index contributed by atoms with van der Waals surface area (Å²) in [5.41, 5.74) is 1.14. The van der Waals surface area contributed by atoms with Crippen LogP contribution >= 0.6 is 15.9 Å². The molecular weight excluding hydrogens is 257 g/mol. The van der Waals surface area contributed by atoms with Crippen molar-refractivity contribution in [2.75, 3.05) is 11.9 Å². The third-order valence-electron chi connectivity index (χ3n) is 2.23. The molecule has 0 radical (unpaired) electrons. The maximum atomic E-state index is 12.6. The van der Waals surface area contributed by atoms with E-state index in [2.05, 4.69) is 21.2 Å². The van der Waals surface area contributed by atoms with Gasteiger partial charge in [0.1, 0.15) is 5.82 Å². The highest BCUT2D eigenvalue weighted by Gasteiger charge is 1.93. The van der Waals surface area contributed by atoms with E-state index >= 15 is 0 Å². The van der Waals surface area contributed by atoms with Crippen molar-refractivity contribution < 1.29 is 4.39 Å². The molecule has 0 fully saturated rings. The molecular formula is C12H17BrFN. The summed E-state index contributed by atoms with van der Waals surface area (Å²) in [7, 11) is 0. The molecule has 1 nitrogen and oxygen atoms in total. The molecule has 84 valence electrons. The van der Waals surface area contributed by atoms with Gasteiger partial charge in [0.05, 0.1) is 0 Å². The SMILES string of the molecule is Fc1ccc(CNCCCCCBr)cc1.